The van der Waals surface area contributed by atoms with Gasteiger partial charge in [-0.15, -0.1) is 0 Å². The summed E-state index contributed by atoms with van der Waals surface area (Å²) in [7, 11) is 0. The van der Waals surface area contributed by atoms with E-state index >= 15 is 0 Å². The first-order valence-corrected chi connectivity index (χ1v) is 9.73. The highest BCUT2D eigenvalue weighted by Crippen LogP contribution is 2.26. The highest BCUT2D eigenvalue weighted by atomic mass is 32.1. The molecule has 1 aliphatic rings. The number of thiocarbonyl (C=S) groups is 1. The van der Waals surface area contributed by atoms with Crippen LogP contribution in [-0.2, 0) is 0 Å². The molecule has 0 radical (unpaired) electrons. The normalized spacial score (nSPS) is 15.7. The van der Waals surface area contributed by atoms with Crippen molar-refractivity contribution in [1.82, 2.24) is 19.9 Å². The molecule has 136 valence electrons. The second-order valence-electron chi connectivity index (χ2n) is 7.28. The van der Waals surface area contributed by atoms with Gasteiger partial charge in [0.25, 0.3) is 5.17 Å². The van der Waals surface area contributed by atoms with E-state index in [0.29, 0.717) is 10.9 Å². The van der Waals surface area contributed by atoms with Gasteiger partial charge < -0.3 is 14.6 Å². The zero-order valence-corrected chi connectivity index (χ0v) is 15.9. The van der Waals surface area contributed by atoms with Crippen LogP contribution in [0.5, 0.6) is 5.75 Å². The highest BCUT2D eigenvalue weighted by Gasteiger charge is 2.19. The van der Waals surface area contributed by atoms with Gasteiger partial charge in [-0.05, 0) is 49.2 Å². The van der Waals surface area contributed by atoms with Gasteiger partial charge >= 0.3 is 0 Å². The zero-order valence-electron chi connectivity index (χ0n) is 15.1. The van der Waals surface area contributed by atoms with Crippen molar-refractivity contribution in [3.05, 3.63) is 42.5 Å². The Labute approximate surface area is 162 Å². The standard InChI is InChI=1S/C21H20N4OS/c1-13-8-10-25(11-9-13)21(27)26-14-6-7-17-18(12-14)22-19-15-4-2-3-5-16(15)23-20(19)24-17/h2-7,12-13H,8-11H2,1H3,(H,23,24). The van der Waals surface area contributed by atoms with Gasteiger partial charge in [-0.1, -0.05) is 25.1 Å². The zero-order chi connectivity index (χ0) is 18.4. The average molecular weight is 376 g/mol. The third-order valence-electron chi connectivity index (χ3n) is 5.32. The summed E-state index contributed by atoms with van der Waals surface area (Å²) in [6.07, 6.45) is 2.32. The molecule has 0 atom stereocenters. The topological polar surface area (TPSA) is 54.0 Å². The van der Waals surface area contributed by atoms with Gasteiger partial charge in [0.1, 0.15) is 11.3 Å². The summed E-state index contributed by atoms with van der Waals surface area (Å²) in [6.45, 7) is 4.21. The molecule has 0 aliphatic carbocycles. The number of piperidine rings is 1. The van der Waals surface area contributed by atoms with Gasteiger partial charge in [0, 0.05) is 30.1 Å². The molecule has 4 aromatic rings. The number of aromatic amines is 1. The maximum absolute atomic E-state index is 5.96. The molecule has 6 heteroatoms. The Morgan fingerprint density at radius 3 is 2.78 bits per heavy atom. The van der Waals surface area contributed by atoms with Crippen LogP contribution in [0, 0.1) is 5.92 Å². The molecule has 2 aromatic carbocycles. The summed E-state index contributed by atoms with van der Waals surface area (Å²) in [5.74, 6) is 1.47. The van der Waals surface area contributed by atoms with Gasteiger partial charge in [0.05, 0.1) is 11.0 Å². The van der Waals surface area contributed by atoms with Crippen LogP contribution in [-0.4, -0.2) is 38.1 Å². The molecule has 2 aromatic heterocycles. The van der Waals surface area contributed by atoms with Crippen LogP contribution in [0.2, 0.25) is 0 Å². The van der Waals surface area contributed by atoms with Crippen LogP contribution in [0.15, 0.2) is 42.5 Å². The lowest BCUT2D eigenvalue weighted by Crippen LogP contribution is -2.39. The van der Waals surface area contributed by atoms with E-state index in [0.717, 1.165) is 64.9 Å². The van der Waals surface area contributed by atoms with Crippen molar-refractivity contribution in [3.63, 3.8) is 0 Å². The minimum absolute atomic E-state index is 0.544. The quantitative estimate of drug-likeness (QED) is 0.490. The third-order valence-corrected chi connectivity index (χ3v) is 5.66. The highest BCUT2D eigenvalue weighted by molar-refractivity contribution is 7.80. The van der Waals surface area contributed by atoms with Crippen molar-refractivity contribution in [2.75, 3.05) is 13.1 Å². The number of ether oxygens (including phenoxy) is 1. The van der Waals surface area contributed by atoms with E-state index in [1.807, 2.05) is 36.4 Å². The van der Waals surface area contributed by atoms with Crippen molar-refractivity contribution >= 4 is 50.5 Å². The number of nitrogens with one attached hydrogen (secondary N) is 1. The molecule has 1 saturated heterocycles. The lowest BCUT2D eigenvalue weighted by molar-refractivity contribution is 0.254. The molecule has 5 nitrogen and oxygen atoms in total. The lowest BCUT2D eigenvalue weighted by atomic mass is 10.00. The Morgan fingerprint density at radius 1 is 1.11 bits per heavy atom. The number of fused-ring (bicyclic) bond motifs is 4. The Balaban J connectivity index is 1.48. The van der Waals surface area contributed by atoms with Crippen LogP contribution in [0.1, 0.15) is 19.8 Å². The minimum atomic E-state index is 0.544. The minimum Gasteiger partial charge on any atom is -0.432 e. The van der Waals surface area contributed by atoms with E-state index in [4.69, 9.17) is 26.9 Å². The molecule has 27 heavy (non-hydrogen) atoms. The number of rotatable bonds is 1. The van der Waals surface area contributed by atoms with Crippen LogP contribution in [0.25, 0.3) is 33.1 Å². The van der Waals surface area contributed by atoms with Crippen molar-refractivity contribution in [1.29, 1.82) is 0 Å². The van der Waals surface area contributed by atoms with Crippen LogP contribution < -0.4 is 4.74 Å². The number of likely N-dealkylation sites (tertiary alicyclic amines) is 1. The van der Waals surface area contributed by atoms with Gasteiger partial charge in [-0.2, -0.15) is 0 Å². The van der Waals surface area contributed by atoms with E-state index < -0.39 is 0 Å². The van der Waals surface area contributed by atoms with E-state index in [1.54, 1.807) is 0 Å². The summed E-state index contributed by atoms with van der Waals surface area (Å²) in [4.78, 5) is 15.0. The molecule has 1 aliphatic heterocycles. The fourth-order valence-corrected chi connectivity index (χ4v) is 3.93. The van der Waals surface area contributed by atoms with Crippen molar-refractivity contribution in [2.24, 2.45) is 5.92 Å². The van der Waals surface area contributed by atoms with E-state index in [1.165, 1.54) is 0 Å². The van der Waals surface area contributed by atoms with Gasteiger partial charge in [0.15, 0.2) is 5.65 Å². The molecule has 0 unspecified atom stereocenters. The monoisotopic (exact) mass is 376 g/mol. The molecule has 1 N–H and O–H groups in total. The van der Waals surface area contributed by atoms with Gasteiger partial charge in [-0.25, -0.2) is 9.97 Å². The summed E-state index contributed by atoms with van der Waals surface area (Å²) < 4.78 is 5.96. The third kappa shape index (κ3) is 3.00. The summed E-state index contributed by atoms with van der Waals surface area (Å²) in [6, 6.07) is 13.9. The summed E-state index contributed by atoms with van der Waals surface area (Å²) >= 11 is 5.51. The maximum Gasteiger partial charge on any atom is 0.264 e. The number of hydrogen-bond acceptors (Lipinski definition) is 4. The van der Waals surface area contributed by atoms with Crippen LogP contribution in [0.3, 0.4) is 0 Å². The fourth-order valence-electron chi connectivity index (χ4n) is 3.66. The maximum atomic E-state index is 5.96. The Kier molecular flexibility index (Phi) is 3.93. The fraction of sp³-hybridized carbons (Fsp3) is 0.286. The van der Waals surface area contributed by atoms with E-state index in [9.17, 15) is 0 Å². The van der Waals surface area contributed by atoms with Gasteiger partial charge in [0.2, 0.25) is 0 Å². The molecular formula is C21H20N4OS. The smallest absolute Gasteiger partial charge is 0.264 e. The van der Waals surface area contributed by atoms with E-state index in [-0.39, 0.29) is 0 Å². The molecular weight excluding hydrogens is 356 g/mol. The predicted octanol–water partition coefficient (Wildman–Crippen LogP) is 4.66. The second kappa shape index (κ2) is 6.46. The first-order valence-electron chi connectivity index (χ1n) is 9.32. The number of hydrogen-bond donors (Lipinski definition) is 1. The molecule has 0 amide bonds. The van der Waals surface area contributed by atoms with Gasteiger partial charge in [-0.3, -0.25) is 0 Å². The first kappa shape index (κ1) is 16.4. The lowest BCUT2D eigenvalue weighted by Gasteiger charge is -2.31. The Morgan fingerprint density at radius 2 is 1.93 bits per heavy atom. The number of para-hydroxylation sites is 1. The largest absolute Gasteiger partial charge is 0.432 e. The molecule has 0 spiro atoms. The second-order valence-corrected chi connectivity index (χ2v) is 7.63. The molecule has 1 fully saturated rings. The first-order chi connectivity index (χ1) is 13.2. The molecule has 0 saturated carbocycles. The summed E-state index contributed by atoms with van der Waals surface area (Å²) in [5, 5.41) is 1.62. The van der Waals surface area contributed by atoms with Crippen molar-refractivity contribution in [3.8, 4) is 5.75 Å². The van der Waals surface area contributed by atoms with Crippen molar-refractivity contribution < 1.29 is 4.74 Å². The Hall–Kier alpha value is -2.73. The number of benzene rings is 2. The number of nitrogens with zero attached hydrogens (tertiary/aromatic N) is 3. The number of aromatic nitrogens is 3. The Bertz CT molecular complexity index is 1160. The molecule has 0 bridgehead atoms. The van der Waals surface area contributed by atoms with Crippen LogP contribution in [0.4, 0.5) is 0 Å². The summed E-state index contributed by atoms with van der Waals surface area (Å²) in [5.41, 5.74) is 4.36. The molecule has 5 rings (SSSR count). The average Bonchev–Trinajstić information content (AvgIpc) is 3.04. The predicted molar refractivity (Wildman–Crippen MR) is 112 cm³/mol. The molecule has 3 heterocycles. The number of H-pyrrole nitrogens is 1. The van der Waals surface area contributed by atoms with E-state index in [2.05, 4.69) is 22.9 Å². The van der Waals surface area contributed by atoms with Crippen LogP contribution >= 0.6 is 12.2 Å². The van der Waals surface area contributed by atoms with Crippen molar-refractivity contribution in [2.45, 2.75) is 19.8 Å². The SMILES string of the molecule is CC1CCN(C(=S)Oc2ccc3nc4[nH]c5ccccc5c4nc3c2)CC1.